The van der Waals surface area contributed by atoms with Gasteiger partial charge in [0.15, 0.2) is 5.89 Å². The predicted molar refractivity (Wildman–Crippen MR) is 104 cm³/mol. The smallest absolute Gasteiger partial charge is 0.309 e. The molecule has 0 atom stereocenters. The molecule has 0 bridgehead atoms. The highest BCUT2D eigenvalue weighted by Gasteiger charge is 2.28. The maximum Gasteiger partial charge on any atom is 0.309 e. The summed E-state index contributed by atoms with van der Waals surface area (Å²) in [5, 5.41) is 12.4. The van der Waals surface area contributed by atoms with Crippen LogP contribution in [0.3, 0.4) is 0 Å². The summed E-state index contributed by atoms with van der Waals surface area (Å²) in [6.07, 6.45) is 8.31. The van der Waals surface area contributed by atoms with Crippen LogP contribution in [0.15, 0.2) is 39.2 Å². The first-order chi connectivity index (χ1) is 12.2. The van der Waals surface area contributed by atoms with Gasteiger partial charge in [0, 0.05) is 31.2 Å². The predicted octanol–water partition coefficient (Wildman–Crippen LogP) is 4.49. The minimum absolute atomic E-state index is 0.415. The Morgan fingerprint density at radius 1 is 1.42 bits per heavy atom. The van der Waals surface area contributed by atoms with Crippen LogP contribution in [0, 0.1) is 5.41 Å². The molecule has 1 aromatic heterocycles. The van der Waals surface area contributed by atoms with E-state index in [1.54, 1.807) is 20.0 Å². The van der Waals surface area contributed by atoms with Gasteiger partial charge < -0.3 is 14.8 Å². The Balaban J connectivity index is 2.59. The monoisotopic (exact) mass is 361 g/mol. The van der Waals surface area contributed by atoms with Crippen LogP contribution in [0.1, 0.15) is 66.0 Å². The van der Waals surface area contributed by atoms with Crippen LogP contribution in [0.25, 0.3) is 0 Å². The second kappa shape index (κ2) is 9.94. The van der Waals surface area contributed by atoms with Crippen molar-refractivity contribution < 1.29 is 14.3 Å². The lowest BCUT2D eigenvalue weighted by Gasteiger charge is -2.21. The standard InChI is InChI=1S/C20H31N3O3/c1-7-16(11-20(5,6)19(24)25)23-15(4)21-12-14(3)9-10-18-22-13-17(8-2)26-18/h7,12-13H,8-11H2,1-6H3,(H,21,23)(H,24,25)/b14-12+,16-7+. The Labute approximate surface area is 156 Å². The van der Waals surface area contributed by atoms with E-state index < -0.39 is 11.4 Å². The van der Waals surface area contributed by atoms with E-state index >= 15 is 0 Å². The van der Waals surface area contributed by atoms with Crippen LogP contribution >= 0.6 is 0 Å². The van der Waals surface area contributed by atoms with Crippen molar-refractivity contribution in [3.8, 4) is 0 Å². The topological polar surface area (TPSA) is 87.7 Å². The first kappa shape index (κ1) is 21.7. The van der Waals surface area contributed by atoms with E-state index in [0.29, 0.717) is 6.42 Å². The number of allylic oxidation sites excluding steroid dienone is 3. The van der Waals surface area contributed by atoms with Gasteiger partial charge in [-0.1, -0.05) is 18.6 Å². The van der Waals surface area contributed by atoms with Gasteiger partial charge in [-0.25, -0.2) is 9.98 Å². The molecule has 144 valence electrons. The molecule has 6 nitrogen and oxygen atoms in total. The number of nitrogens with one attached hydrogen (secondary N) is 1. The Morgan fingerprint density at radius 2 is 2.12 bits per heavy atom. The largest absolute Gasteiger partial charge is 0.481 e. The molecule has 0 aliphatic heterocycles. The van der Waals surface area contributed by atoms with E-state index in [-0.39, 0.29) is 0 Å². The first-order valence-electron chi connectivity index (χ1n) is 8.97. The number of hydrogen-bond donors (Lipinski definition) is 2. The fraction of sp³-hybridized carbons (Fsp3) is 0.550. The molecular formula is C20H31N3O3. The van der Waals surface area contributed by atoms with Crippen LogP contribution in [-0.2, 0) is 17.6 Å². The normalized spacial score (nSPS) is 13.8. The van der Waals surface area contributed by atoms with E-state index in [0.717, 1.165) is 48.0 Å². The summed E-state index contributed by atoms with van der Waals surface area (Å²) in [5.74, 6) is 1.56. The molecule has 26 heavy (non-hydrogen) atoms. The number of aliphatic carboxylic acids is 1. The van der Waals surface area contributed by atoms with Gasteiger partial charge >= 0.3 is 5.97 Å². The number of aryl methyl sites for hydroxylation is 2. The summed E-state index contributed by atoms with van der Waals surface area (Å²) in [5.41, 5.74) is 1.14. The molecule has 0 amide bonds. The first-order valence-corrected chi connectivity index (χ1v) is 8.97. The Morgan fingerprint density at radius 3 is 2.65 bits per heavy atom. The third-order valence-electron chi connectivity index (χ3n) is 4.06. The number of rotatable bonds is 9. The number of carboxylic acid groups (broad SMARTS) is 1. The van der Waals surface area contributed by atoms with E-state index in [2.05, 4.69) is 15.3 Å². The molecule has 0 aliphatic rings. The number of nitrogens with zero attached hydrogens (tertiary/aromatic N) is 2. The summed E-state index contributed by atoms with van der Waals surface area (Å²) in [7, 11) is 0. The molecule has 0 aromatic carbocycles. The molecule has 1 rings (SSSR count). The highest BCUT2D eigenvalue weighted by atomic mass is 16.4. The minimum atomic E-state index is -0.825. The maximum atomic E-state index is 11.3. The van der Waals surface area contributed by atoms with Crippen molar-refractivity contribution in [2.45, 2.75) is 67.2 Å². The lowest BCUT2D eigenvalue weighted by molar-refractivity contribution is -0.146. The van der Waals surface area contributed by atoms with Gasteiger partial charge in [0.2, 0.25) is 0 Å². The molecule has 0 unspecified atom stereocenters. The van der Waals surface area contributed by atoms with E-state index in [1.807, 2.05) is 40.0 Å². The fourth-order valence-corrected chi connectivity index (χ4v) is 2.24. The van der Waals surface area contributed by atoms with E-state index in [1.165, 1.54) is 0 Å². The number of carboxylic acids is 1. The van der Waals surface area contributed by atoms with Gasteiger partial charge in [0.05, 0.1) is 11.6 Å². The fourth-order valence-electron chi connectivity index (χ4n) is 2.24. The average Bonchev–Trinajstić information content (AvgIpc) is 3.05. The van der Waals surface area contributed by atoms with Crippen LogP contribution < -0.4 is 5.32 Å². The molecule has 0 spiro atoms. The maximum absolute atomic E-state index is 11.3. The summed E-state index contributed by atoms with van der Waals surface area (Å²) >= 11 is 0. The summed E-state index contributed by atoms with van der Waals surface area (Å²) < 4.78 is 5.60. The van der Waals surface area contributed by atoms with Crippen molar-refractivity contribution in [1.29, 1.82) is 0 Å². The van der Waals surface area contributed by atoms with Crippen molar-refractivity contribution in [3.63, 3.8) is 0 Å². The number of aliphatic imine (C=N–C) groups is 1. The van der Waals surface area contributed by atoms with Gasteiger partial charge in [-0.3, -0.25) is 4.79 Å². The van der Waals surface area contributed by atoms with Crippen LogP contribution in [0.2, 0.25) is 0 Å². The Kier molecular flexibility index (Phi) is 8.29. The van der Waals surface area contributed by atoms with Crippen molar-refractivity contribution in [2.75, 3.05) is 0 Å². The average molecular weight is 361 g/mol. The van der Waals surface area contributed by atoms with Crippen molar-refractivity contribution in [2.24, 2.45) is 10.4 Å². The molecule has 0 saturated carbocycles. The van der Waals surface area contributed by atoms with Crippen molar-refractivity contribution >= 4 is 11.8 Å². The second-order valence-electron chi connectivity index (χ2n) is 7.07. The number of amidine groups is 1. The van der Waals surface area contributed by atoms with Crippen LogP contribution in [0.5, 0.6) is 0 Å². The number of hydrogen-bond acceptors (Lipinski definition) is 4. The summed E-state index contributed by atoms with van der Waals surface area (Å²) in [6.45, 7) is 11.2. The quantitative estimate of drug-likeness (QED) is 0.500. The zero-order chi connectivity index (χ0) is 19.7. The lowest BCUT2D eigenvalue weighted by atomic mass is 9.88. The van der Waals surface area contributed by atoms with Crippen LogP contribution in [0.4, 0.5) is 0 Å². The molecule has 6 heteroatoms. The lowest BCUT2D eigenvalue weighted by Crippen LogP contribution is -2.29. The molecule has 1 aromatic rings. The minimum Gasteiger partial charge on any atom is -0.481 e. The van der Waals surface area contributed by atoms with Gasteiger partial charge in [-0.05, 0) is 41.0 Å². The number of oxazole rings is 1. The zero-order valence-electron chi connectivity index (χ0n) is 16.7. The zero-order valence-corrected chi connectivity index (χ0v) is 16.7. The number of carbonyl (C=O) groups is 1. The molecule has 0 radical (unpaired) electrons. The highest BCUT2D eigenvalue weighted by molar-refractivity contribution is 5.82. The molecule has 0 aliphatic carbocycles. The molecular weight excluding hydrogens is 330 g/mol. The third-order valence-corrected chi connectivity index (χ3v) is 4.06. The van der Waals surface area contributed by atoms with Crippen molar-refractivity contribution in [3.05, 3.63) is 41.4 Å². The third kappa shape index (κ3) is 7.25. The second-order valence-corrected chi connectivity index (χ2v) is 7.07. The van der Waals surface area contributed by atoms with E-state index in [9.17, 15) is 9.90 Å². The molecule has 1 heterocycles. The molecule has 0 saturated heterocycles. The van der Waals surface area contributed by atoms with Crippen molar-refractivity contribution in [1.82, 2.24) is 10.3 Å². The Hall–Kier alpha value is -2.37. The molecule has 0 fully saturated rings. The van der Waals surface area contributed by atoms with E-state index in [4.69, 9.17) is 4.42 Å². The van der Waals surface area contributed by atoms with Crippen LogP contribution in [-0.4, -0.2) is 21.9 Å². The highest BCUT2D eigenvalue weighted by Crippen LogP contribution is 2.24. The summed E-state index contributed by atoms with van der Waals surface area (Å²) in [4.78, 5) is 20.0. The SMILES string of the molecule is C/C=C(\CC(C)(C)C(=O)O)NC(C)=N/C=C(\C)CCc1ncc(CC)o1. The van der Waals surface area contributed by atoms with Gasteiger partial charge in [0.25, 0.3) is 0 Å². The van der Waals surface area contributed by atoms with Gasteiger partial charge in [-0.2, -0.15) is 0 Å². The number of aromatic nitrogens is 1. The molecule has 2 N–H and O–H groups in total. The Bertz CT molecular complexity index is 697. The van der Waals surface area contributed by atoms with Gasteiger partial charge in [-0.15, -0.1) is 0 Å². The van der Waals surface area contributed by atoms with Gasteiger partial charge in [0.1, 0.15) is 11.6 Å². The summed E-state index contributed by atoms with van der Waals surface area (Å²) in [6, 6.07) is 0.